The second kappa shape index (κ2) is 10.7. The van der Waals surface area contributed by atoms with Crippen LogP contribution in [0.25, 0.3) is 33.0 Å². The number of halogens is 2. The number of fused-ring (bicyclic) bond motifs is 1. The molecular weight excluding hydrogens is 474 g/mol. The zero-order valence-corrected chi connectivity index (χ0v) is 21.0. The van der Waals surface area contributed by atoms with Gasteiger partial charge in [0.05, 0.1) is 0 Å². The number of aryl methyl sites for hydroxylation is 1. The third kappa shape index (κ3) is 5.08. The van der Waals surface area contributed by atoms with Crippen LogP contribution < -0.4 is 0 Å². The van der Waals surface area contributed by atoms with E-state index in [1.165, 1.54) is 50.6 Å². The number of rotatable bonds is 4. The van der Waals surface area contributed by atoms with Gasteiger partial charge in [-0.15, -0.1) is 34.5 Å². The number of hydrogen-bond acceptors (Lipinski definition) is 0. The Kier molecular flexibility index (Phi) is 8.25. The summed E-state index contributed by atoms with van der Waals surface area (Å²) in [6.07, 6.45) is 1.17. The van der Waals surface area contributed by atoms with Gasteiger partial charge in [0.1, 0.15) is 0 Å². The van der Waals surface area contributed by atoms with Crippen LogP contribution in [0, 0.1) is 6.92 Å². The molecule has 148 valence electrons. The van der Waals surface area contributed by atoms with E-state index in [1.54, 1.807) is 0 Å². The van der Waals surface area contributed by atoms with Gasteiger partial charge in [0.2, 0.25) is 0 Å². The third-order valence-corrected chi connectivity index (χ3v) is 5.58. The van der Waals surface area contributed by atoms with Crippen LogP contribution in [0.5, 0.6) is 0 Å². The molecule has 0 amide bonds. The van der Waals surface area contributed by atoms with Gasteiger partial charge in [0.25, 0.3) is 0 Å². The maximum absolute atomic E-state index is 4.93. The van der Waals surface area contributed by atoms with Gasteiger partial charge in [-0.25, -0.2) is 0 Å². The van der Waals surface area contributed by atoms with E-state index >= 15 is 0 Å². The molecule has 0 bridgehead atoms. The van der Waals surface area contributed by atoms with Crippen molar-refractivity contribution in [2.75, 3.05) is 0 Å². The van der Waals surface area contributed by atoms with Crippen LogP contribution in [0.3, 0.4) is 0 Å². The van der Waals surface area contributed by atoms with Crippen LogP contribution in [-0.4, -0.2) is 0 Å². The normalized spacial score (nSPS) is 11.6. The van der Waals surface area contributed by atoms with E-state index in [4.69, 9.17) is 17.0 Å². The monoisotopic (exact) mass is 497 g/mol. The average Bonchev–Trinajstić information content (AvgIpc) is 3.19. The van der Waals surface area contributed by atoms with Gasteiger partial charge in [-0.05, 0) is 29.5 Å². The summed E-state index contributed by atoms with van der Waals surface area (Å²) >= 11 is -0.826. The van der Waals surface area contributed by atoms with E-state index in [2.05, 4.69) is 99.6 Å². The SMILES string of the molecule is CCC(C)c1cc2c(-c3ccccc3-c3ccccc3)c(C)ccc2[cH-]1.[Cl][Zr][Cl]. The van der Waals surface area contributed by atoms with E-state index in [9.17, 15) is 0 Å². The molecule has 29 heavy (non-hydrogen) atoms. The first-order valence-electron chi connectivity index (χ1n) is 9.91. The molecule has 0 nitrogen and oxygen atoms in total. The van der Waals surface area contributed by atoms with Crippen molar-refractivity contribution in [1.29, 1.82) is 0 Å². The van der Waals surface area contributed by atoms with Crippen LogP contribution in [0.4, 0.5) is 0 Å². The predicted octanol–water partition coefficient (Wildman–Crippen LogP) is 9.09. The van der Waals surface area contributed by atoms with E-state index in [0.717, 1.165) is 0 Å². The van der Waals surface area contributed by atoms with Crippen molar-refractivity contribution in [3.63, 3.8) is 0 Å². The van der Waals surface area contributed by atoms with E-state index < -0.39 is 20.8 Å². The topological polar surface area (TPSA) is 0 Å². The molecule has 1 unspecified atom stereocenters. The van der Waals surface area contributed by atoms with Crippen molar-refractivity contribution in [3.05, 3.63) is 90.0 Å². The van der Waals surface area contributed by atoms with Crippen LogP contribution in [0.2, 0.25) is 0 Å². The molecule has 4 rings (SSSR count). The Morgan fingerprint density at radius 3 is 2.17 bits per heavy atom. The third-order valence-electron chi connectivity index (χ3n) is 5.58. The van der Waals surface area contributed by atoms with E-state index in [1.807, 2.05) is 0 Å². The van der Waals surface area contributed by atoms with Crippen molar-refractivity contribution in [1.82, 2.24) is 0 Å². The molecule has 0 aliphatic rings. The first-order valence-corrected chi connectivity index (χ1v) is 16.2. The molecule has 4 aromatic carbocycles. The molecule has 4 aromatic rings. The van der Waals surface area contributed by atoms with Crippen molar-refractivity contribution in [2.24, 2.45) is 0 Å². The summed E-state index contributed by atoms with van der Waals surface area (Å²) in [4.78, 5) is 0. The zero-order chi connectivity index (χ0) is 20.8. The minimum atomic E-state index is -0.826. The summed E-state index contributed by atoms with van der Waals surface area (Å²) in [5.41, 5.74) is 8.05. The first kappa shape index (κ1) is 22.4. The van der Waals surface area contributed by atoms with Crippen molar-refractivity contribution in [3.8, 4) is 22.3 Å². The predicted molar refractivity (Wildman–Crippen MR) is 126 cm³/mol. The van der Waals surface area contributed by atoms with Crippen LogP contribution in [-0.2, 0) is 20.8 Å². The van der Waals surface area contributed by atoms with E-state index in [0.29, 0.717) is 5.92 Å². The Bertz CT molecular complexity index is 1070. The summed E-state index contributed by atoms with van der Waals surface area (Å²) in [7, 11) is 9.87. The molecule has 0 aromatic heterocycles. The second-order valence-electron chi connectivity index (χ2n) is 7.34. The molecule has 3 heteroatoms. The number of benzene rings is 3. The fourth-order valence-corrected chi connectivity index (χ4v) is 3.86. The van der Waals surface area contributed by atoms with Gasteiger partial charge in [-0.2, -0.15) is 6.07 Å². The maximum atomic E-state index is 4.93. The van der Waals surface area contributed by atoms with Crippen LogP contribution >= 0.6 is 17.0 Å². The molecule has 0 N–H and O–H groups in total. The summed E-state index contributed by atoms with van der Waals surface area (Å²) in [6, 6.07) is 28.8. The first-order chi connectivity index (χ1) is 14.1. The van der Waals surface area contributed by atoms with Crippen LogP contribution in [0.1, 0.15) is 37.3 Å². The molecule has 0 fully saturated rings. The minimum absolute atomic E-state index is 0.597. The van der Waals surface area contributed by atoms with Gasteiger partial charge >= 0.3 is 37.9 Å². The molecule has 0 aliphatic heterocycles. The molecule has 0 spiro atoms. The Labute approximate surface area is 192 Å². The van der Waals surface area contributed by atoms with Gasteiger partial charge in [0.15, 0.2) is 0 Å². The van der Waals surface area contributed by atoms with Gasteiger partial charge < -0.3 is 0 Å². The average molecular weight is 500 g/mol. The van der Waals surface area contributed by atoms with Gasteiger partial charge in [-0.1, -0.05) is 86.0 Å². The van der Waals surface area contributed by atoms with Crippen molar-refractivity contribution < 1.29 is 20.8 Å². The number of hydrogen-bond donors (Lipinski definition) is 0. The summed E-state index contributed by atoms with van der Waals surface area (Å²) in [5, 5.41) is 2.73. The molecule has 0 saturated carbocycles. The van der Waals surface area contributed by atoms with Crippen molar-refractivity contribution >= 4 is 27.8 Å². The van der Waals surface area contributed by atoms with Gasteiger partial charge in [0, 0.05) is 0 Å². The Hall–Kier alpha value is -1.27. The fraction of sp³-hybridized carbons (Fsp3) is 0.192. The zero-order valence-electron chi connectivity index (χ0n) is 17.0. The fourth-order valence-electron chi connectivity index (χ4n) is 3.86. The molecule has 0 saturated heterocycles. The Balaban J connectivity index is 0.000000755. The van der Waals surface area contributed by atoms with E-state index in [-0.39, 0.29) is 0 Å². The summed E-state index contributed by atoms with van der Waals surface area (Å²) in [5.74, 6) is 0.597. The quantitative estimate of drug-likeness (QED) is 0.246. The molecule has 0 radical (unpaired) electrons. The molecule has 0 heterocycles. The molecular formula is C26H25Cl2Zr-. The summed E-state index contributed by atoms with van der Waals surface area (Å²) in [6.45, 7) is 6.81. The Morgan fingerprint density at radius 2 is 1.52 bits per heavy atom. The molecule has 1 atom stereocenters. The van der Waals surface area contributed by atoms with Crippen LogP contribution in [0.15, 0.2) is 78.9 Å². The van der Waals surface area contributed by atoms with Gasteiger partial charge in [-0.3, -0.25) is 0 Å². The second-order valence-corrected chi connectivity index (χ2v) is 11.1. The Morgan fingerprint density at radius 1 is 0.897 bits per heavy atom. The standard InChI is InChI=1S/C26H25.2ClH.Zr/c1-4-18(2)22-16-21-15-14-19(3)26(25(21)17-22)24-13-9-8-12-23(24)20-10-6-5-7-11-20;;;/h5-18H,4H2,1-3H3;2*1H;/q-1;;;+2/p-2. The molecule has 0 aliphatic carbocycles. The summed E-state index contributed by atoms with van der Waals surface area (Å²) < 4.78 is 0. The van der Waals surface area contributed by atoms with Crippen molar-refractivity contribution in [2.45, 2.75) is 33.1 Å².